The van der Waals surface area contributed by atoms with Crippen molar-refractivity contribution >= 4 is 35.9 Å². The van der Waals surface area contributed by atoms with E-state index in [1.54, 1.807) is 91.9 Å². The Hall–Kier alpha value is -8.02. The molecule has 4 rings (SSSR count). The summed E-state index contributed by atoms with van der Waals surface area (Å²) in [6.45, 7) is 18.0. The third kappa shape index (κ3) is 14.1. The van der Waals surface area contributed by atoms with Crippen LogP contribution in [0.3, 0.4) is 0 Å². The molecule has 0 unspecified atom stereocenters. The lowest BCUT2D eigenvalue weighted by atomic mass is 9.92. The zero-order chi connectivity index (χ0) is 45.2. The number of rotatable bonds is 16. The zero-order valence-corrected chi connectivity index (χ0v) is 34.6. The lowest BCUT2D eigenvalue weighted by Crippen LogP contribution is -2.13. The summed E-state index contributed by atoms with van der Waals surface area (Å²) in [6.07, 6.45) is 3.99. The Bertz CT molecular complexity index is 2560. The molecule has 0 fully saturated rings. The van der Waals surface area contributed by atoms with Gasteiger partial charge in [0.05, 0.1) is 18.8 Å². The van der Waals surface area contributed by atoms with Crippen molar-refractivity contribution in [1.82, 2.24) is 0 Å². The van der Waals surface area contributed by atoms with Crippen LogP contribution in [0.5, 0.6) is 23.0 Å². The molecule has 10 nitrogen and oxygen atoms in total. The molecule has 0 saturated carbocycles. The van der Waals surface area contributed by atoms with E-state index in [-0.39, 0.29) is 59.8 Å². The van der Waals surface area contributed by atoms with Gasteiger partial charge in [-0.1, -0.05) is 62.1 Å². The van der Waals surface area contributed by atoms with Gasteiger partial charge in [0.15, 0.2) is 5.75 Å². The second-order valence-corrected chi connectivity index (χ2v) is 13.5. The van der Waals surface area contributed by atoms with Gasteiger partial charge in [-0.25, -0.2) is 24.0 Å². The quantitative estimate of drug-likeness (QED) is 0.0468. The lowest BCUT2D eigenvalue weighted by molar-refractivity contribution is -0.139. The van der Waals surface area contributed by atoms with Crippen molar-refractivity contribution in [2.45, 2.75) is 40.0 Å². The molecular formula is C51H43FO10. The first-order valence-electron chi connectivity index (χ1n) is 19.1. The minimum Gasteiger partial charge on any atom is -0.462 e. The summed E-state index contributed by atoms with van der Waals surface area (Å²) in [4.78, 5) is 61.4. The van der Waals surface area contributed by atoms with Gasteiger partial charge in [0, 0.05) is 57.5 Å². The lowest BCUT2D eigenvalue weighted by Gasteiger charge is -2.17. The average Bonchev–Trinajstić information content (AvgIpc) is 3.26. The van der Waals surface area contributed by atoms with E-state index in [0.29, 0.717) is 44.7 Å². The second kappa shape index (κ2) is 22.9. The fourth-order valence-corrected chi connectivity index (χ4v) is 5.29. The highest BCUT2D eigenvalue weighted by molar-refractivity contribution is 5.94. The summed E-state index contributed by atoms with van der Waals surface area (Å²) in [6, 6.07) is 21.2. The summed E-state index contributed by atoms with van der Waals surface area (Å²) in [7, 11) is 0. The topological polar surface area (TPSA) is 132 Å². The first kappa shape index (κ1) is 46.7. The highest BCUT2D eigenvalue weighted by Gasteiger charge is 2.21. The van der Waals surface area contributed by atoms with E-state index < -0.39 is 36.5 Å². The van der Waals surface area contributed by atoms with Crippen molar-refractivity contribution in [3.63, 3.8) is 0 Å². The Kier molecular flexibility index (Phi) is 17.3. The fourth-order valence-electron chi connectivity index (χ4n) is 5.29. The van der Waals surface area contributed by atoms with Crippen molar-refractivity contribution in [3.8, 4) is 46.7 Å². The first-order chi connectivity index (χ1) is 29.7. The minimum absolute atomic E-state index is 0.0497. The summed E-state index contributed by atoms with van der Waals surface area (Å²) >= 11 is 0. The van der Waals surface area contributed by atoms with Gasteiger partial charge in [-0.15, -0.1) is 0 Å². The van der Waals surface area contributed by atoms with Crippen LogP contribution in [0.4, 0.5) is 4.39 Å². The molecule has 0 spiro atoms. The van der Waals surface area contributed by atoms with Gasteiger partial charge in [0.1, 0.15) is 17.2 Å². The maximum absolute atomic E-state index is 13.7. The minimum atomic E-state index is -0.789. The number of benzene rings is 4. The van der Waals surface area contributed by atoms with Crippen LogP contribution >= 0.6 is 0 Å². The van der Waals surface area contributed by atoms with Gasteiger partial charge in [-0.2, -0.15) is 0 Å². The van der Waals surface area contributed by atoms with Crippen molar-refractivity contribution in [2.24, 2.45) is 0 Å². The van der Waals surface area contributed by atoms with Gasteiger partial charge >= 0.3 is 29.8 Å². The van der Waals surface area contributed by atoms with Crippen LogP contribution < -0.4 is 18.9 Å². The Balaban J connectivity index is 1.70. The molecule has 0 saturated heterocycles. The Morgan fingerprint density at radius 2 is 1.15 bits per heavy atom. The molecule has 4 aromatic rings. The Morgan fingerprint density at radius 3 is 1.69 bits per heavy atom. The first-order valence-corrected chi connectivity index (χ1v) is 19.1. The molecular weight excluding hydrogens is 792 g/mol. The maximum atomic E-state index is 13.7. The van der Waals surface area contributed by atoms with Crippen LogP contribution in [0.1, 0.15) is 66.1 Å². The van der Waals surface area contributed by atoms with Crippen LogP contribution in [0.15, 0.2) is 134 Å². The molecule has 0 aliphatic rings. The van der Waals surface area contributed by atoms with Gasteiger partial charge in [-0.05, 0) is 118 Å². The summed E-state index contributed by atoms with van der Waals surface area (Å²) in [5.41, 5.74) is 4.12. The standard InChI is InChI=1S/C51H43FO10/c1-8-46(53)59-41-25-17-38(18-26-41)31-35(7)51(57)61-43-23-13-36(14-24-43)12-20-39-32-40(28-30-58-49(55)33(3)4)45(48(62-47(54)9-2)44(39)11-10-29-52)27-19-37-15-21-42(22-16-37)60-50(56)34(5)6/h8-9,13-18,21-26,31-32H,1-3,5,10-11,28-30H2,4,6-7H3/b35-31+. The Labute approximate surface area is 360 Å². The molecule has 0 aliphatic heterocycles. The molecule has 0 radical (unpaired) electrons. The molecule has 62 heavy (non-hydrogen) atoms. The molecule has 11 heteroatoms. The smallest absolute Gasteiger partial charge is 0.339 e. The number of hydrogen-bond acceptors (Lipinski definition) is 10. The number of carbonyl (C=O) groups is 5. The number of carbonyl (C=O) groups excluding carboxylic acids is 5. The third-order valence-electron chi connectivity index (χ3n) is 8.47. The van der Waals surface area contributed by atoms with Crippen molar-refractivity contribution in [3.05, 3.63) is 173 Å². The molecule has 0 aliphatic carbocycles. The predicted molar refractivity (Wildman–Crippen MR) is 233 cm³/mol. The van der Waals surface area contributed by atoms with E-state index >= 15 is 0 Å². The van der Waals surface area contributed by atoms with E-state index in [1.807, 2.05) is 0 Å². The summed E-state index contributed by atoms with van der Waals surface area (Å²) in [5.74, 6) is 10.1. The number of halogens is 1. The van der Waals surface area contributed by atoms with Crippen LogP contribution in [-0.4, -0.2) is 43.1 Å². The normalized spacial score (nSPS) is 10.4. The largest absolute Gasteiger partial charge is 0.462 e. The highest BCUT2D eigenvalue weighted by Crippen LogP contribution is 2.33. The fraction of sp³-hybridized carbons (Fsp3) is 0.157. The monoisotopic (exact) mass is 834 g/mol. The number of esters is 5. The van der Waals surface area contributed by atoms with Crippen molar-refractivity contribution in [2.75, 3.05) is 13.3 Å². The van der Waals surface area contributed by atoms with Crippen LogP contribution in [-0.2, 0) is 41.6 Å². The summed E-state index contributed by atoms with van der Waals surface area (Å²) in [5, 5.41) is 0. The summed E-state index contributed by atoms with van der Waals surface area (Å²) < 4.78 is 40.9. The van der Waals surface area contributed by atoms with Crippen LogP contribution in [0.2, 0.25) is 0 Å². The molecule has 314 valence electrons. The predicted octanol–water partition coefficient (Wildman–Crippen LogP) is 8.72. The maximum Gasteiger partial charge on any atom is 0.339 e. The number of hydrogen-bond donors (Lipinski definition) is 0. The molecule has 0 heterocycles. The second-order valence-electron chi connectivity index (χ2n) is 13.5. The number of ether oxygens (including phenoxy) is 5. The van der Waals surface area contributed by atoms with Crippen LogP contribution in [0, 0.1) is 23.7 Å². The van der Waals surface area contributed by atoms with Gasteiger partial charge in [0.2, 0.25) is 0 Å². The van der Waals surface area contributed by atoms with Gasteiger partial charge in [-0.3, -0.25) is 4.39 Å². The third-order valence-corrected chi connectivity index (χ3v) is 8.47. The zero-order valence-electron chi connectivity index (χ0n) is 34.6. The van der Waals surface area contributed by atoms with E-state index in [1.165, 1.54) is 13.8 Å². The molecule has 0 N–H and O–H groups in total. The molecule has 0 aromatic heterocycles. The van der Waals surface area contributed by atoms with Crippen molar-refractivity contribution in [1.29, 1.82) is 0 Å². The molecule has 0 amide bonds. The van der Waals surface area contributed by atoms with E-state index in [4.69, 9.17) is 23.7 Å². The van der Waals surface area contributed by atoms with Gasteiger partial charge in [0.25, 0.3) is 0 Å². The Morgan fingerprint density at radius 1 is 0.629 bits per heavy atom. The van der Waals surface area contributed by atoms with E-state index in [2.05, 4.69) is 50.0 Å². The van der Waals surface area contributed by atoms with Crippen LogP contribution in [0.25, 0.3) is 6.08 Å². The van der Waals surface area contributed by atoms with E-state index in [9.17, 15) is 28.4 Å². The SMILES string of the molecule is C=CC(=O)Oc1ccc(/C=C(\C)C(=O)Oc2ccc(C#Cc3cc(CCOC(=O)C(=C)C)c(C#Cc4ccc(OC(=O)C(=C)C)cc4)c(OC(=O)C=C)c3CCCF)cc2)cc1. The molecule has 4 aromatic carbocycles. The molecule has 0 bridgehead atoms. The van der Waals surface area contributed by atoms with Gasteiger partial charge < -0.3 is 23.7 Å². The number of alkyl halides is 1. The average molecular weight is 835 g/mol. The van der Waals surface area contributed by atoms with E-state index in [0.717, 1.165) is 12.2 Å². The van der Waals surface area contributed by atoms with Crippen molar-refractivity contribution < 1.29 is 52.0 Å². The highest BCUT2D eigenvalue weighted by atomic mass is 19.1. The molecule has 0 atom stereocenters.